The van der Waals surface area contributed by atoms with Crippen molar-refractivity contribution >= 4 is 35.3 Å². The van der Waals surface area contributed by atoms with Crippen molar-refractivity contribution in [3.8, 4) is 11.1 Å². The molecule has 0 bridgehead atoms. The van der Waals surface area contributed by atoms with Crippen molar-refractivity contribution in [1.29, 1.82) is 5.53 Å². The van der Waals surface area contributed by atoms with Crippen LogP contribution in [0.15, 0.2) is 74.6 Å². The number of nitrogens with one attached hydrogen (secondary N) is 2. The Bertz CT molecular complexity index is 1250. The summed E-state index contributed by atoms with van der Waals surface area (Å²) in [6.45, 7) is 19.8. The Morgan fingerprint density at radius 2 is 1.79 bits per heavy atom. The zero-order chi connectivity index (χ0) is 28.2. The van der Waals surface area contributed by atoms with E-state index in [9.17, 15) is 4.79 Å². The highest BCUT2D eigenvalue weighted by atomic mass is 32.2. The third kappa shape index (κ3) is 6.97. The molecule has 2 atom stereocenters. The van der Waals surface area contributed by atoms with Gasteiger partial charge in [0.1, 0.15) is 0 Å². The zero-order valence-corrected chi connectivity index (χ0v) is 25.0. The molecule has 0 aliphatic carbocycles. The molecule has 202 valence electrons. The molecule has 1 aliphatic rings. The van der Waals surface area contributed by atoms with Crippen LogP contribution in [-0.2, 0) is 10.2 Å². The number of hydrogen-bond donors (Lipinski definition) is 3. The van der Waals surface area contributed by atoms with Crippen LogP contribution in [0, 0.1) is 25.3 Å². The topological polar surface area (TPSA) is 104 Å². The number of hydrazone groups is 1. The summed E-state index contributed by atoms with van der Waals surface area (Å²) in [5.74, 6) is 5.38. The van der Waals surface area contributed by atoms with Gasteiger partial charge in [-0.05, 0) is 76.8 Å². The smallest absolute Gasteiger partial charge is 0.258 e. The first kappa shape index (κ1) is 29.7. The largest absolute Gasteiger partial charge is 0.344 e. The maximum atomic E-state index is 12.7. The standard InChI is InChI=1S/C30H39N5OS2/c1-17(2)27(28-20(5)15-24(38-28)29(36)33-16-25(34-31)35-32)37-23-13-18(3)26(19(4)14-23)21-9-11-22(12-10-21)30(6,7)8/h9-15,17,27-28,31H,5,16,32H2,1-4,6-8H3,(H,33,36)/b34-31?,35-25-. The predicted molar refractivity (Wildman–Crippen MR) is 163 cm³/mol. The first-order valence-electron chi connectivity index (χ1n) is 12.7. The summed E-state index contributed by atoms with van der Waals surface area (Å²) in [5.41, 5.74) is 14.5. The number of thioether (sulfide) groups is 2. The van der Waals surface area contributed by atoms with Gasteiger partial charge in [0.25, 0.3) is 5.91 Å². The van der Waals surface area contributed by atoms with E-state index in [1.807, 2.05) is 17.8 Å². The molecular weight excluding hydrogens is 510 g/mol. The van der Waals surface area contributed by atoms with Gasteiger partial charge in [-0.1, -0.05) is 65.5 Å². The maximum absolute atomic E-state index is 12.7. The fourth-order valence-electron chi connectivity index (χ4n) is 4.54. The number of nitrogens with two attached hydrogens (primary N) is 1. The summed E-state index contributed by atoms with van der Waals surface area (Å²) in [6.07, 6.45) is 1.86. The van der Waals surface area contributed by atoms with Crippen LogP contribution in [0.4, 0.5) is 0 Å². The lowest BCUT2D eigenvalue weighted by Gasteiger charge is -2.28. The van der Waals surface area contributed by atoms with Crippen LogP contribution in [0.5, 0.6) is 0 Å². The van der Waals surface area contributed by atoms with E-state index >= 15 is 0 Å². The van der Waals surface area contributed by atoms with Crippen molar-refractivity contribution in [3.63, 3.8) is 0 Å². The van der Waals surface area contributed by atoms with Crippen molar-refractivity contribution in [1.82, 2.24) is 5.32 Å². The molecule has 4 N–H and O–H groups in total. The Morgan fingerprint density at radius 1 is 1.18 bits per heavy atom. The van der Waals surface area contributed by atoms with E-state index in [1.165, 1.54) is 32.7 Å². The van der Waals surface area contributed by atoms with Gasteiger partial charge in [-0.3, -0.25) is 4.79 Å². The Morgan fingerprint density at radius 3 is 2.29 bits per heavy atom. The average Bonchev–Trinajstić information content (AvgIpc) is 3.23. The van der Waals surface area contributed by atoms with Crippen LogP contribution < -0.4 is 11.2 Å². The molecule has 2 aromatic carbocycles. The van der Waals surface area contributed by atoms with Crippen molar-refractivity contribution in [2.24, 2.45) is 22.0 Å². The number of amidine groups is 1. The second-order valence-corrected chi connectivity index (χ2v) is 13.5. The molecule has 3 rings (SSSR count). The molecule has 38 heavy (non-hydrogen) atoms. The highest BCUT2D eigenvalue weighted by molar-refractivity contribution is 8.07. The second kappa shape index (κ2) is 12.3. The average molecular weight is 550 g/mol. The van der Waals surface area contributed by atoms with Crippen molar-refractivity contribution in [2.45, 2.75) is 69.3 Å². The van der Waals surface area contributed by atoms with E-state index < -0.39 is 0 Å². The van der Waals surface area contributed by atoms with E-state index in [0.29, 0.717) is 10.8 Å². The van der Waals surface area contributed by atoms with Gasteiger partial charge in [-0.2, -0.15) is 5.10 Å². The summed E-state index contributed by atoms with van der Waals surface area (Å²) < 4.78 is 0. The van der Waals surface area contributed by atoms with Gasteiger partial charge in [0, 0.05) is 15.4 Å². The zero-order valence-electron chi connectivity index (χ0n) is 23.4. The lowest BCUT2D eigenvalue weighted by atomic mass is 9.85. The second-order valence-electron chi connectivity index (χ2n) is 11.0. The first-order valence-corrected chi connectivity index (χ1v) is 14.5. The van der Waals surface area contributed by atoms with E-state index in [1.54, 1.807) is 11.8 Å². The van der Waals surface area contributed by atoms with Crippen molar-refractivity contribution < 1.29 is 4.79 Å². The molecule has 8 heteroatoms. The highest BCUT2D eigenvalue weighted by Crippen LogP contribution is 2.46. The van der Waals surface area contributed by atoms with Gasteiger partial charge in [0.2, 0.25) is 0 Å². The third-order valence-corrected chi connectivity index (χ3v) is 9.79. The third-order valence-electron chi connectivity index (χ3n) is 6.62. The normalized spacial score (nSPS) is 16.9. The molecule has 0 saturated carbocycles. The Hall–Kier alpha value is -2.84. The van der Waals surface area contributed by atoms with Gasteiger partial charge in [-0.25, -0.2) is 5.53 Å². The van der Waals surface area contributed by atoms with Gasteiger partial charge in [-0.15, -0.1) is 28.6 Å². The van der Waals surface area contributed by atoms with Gasteiger partial charge < -0.3 is 11.2 Å². The molecular formula is C30H39N5OS2. The molecule has 0 aromatic heterocycles. The van der Waals surface area contributed by atoms with E-state index in [2.05, 4.69) is 107 Å². The number of aryl methyl sites for hydroxylation is 2. The molecule has 2 aromatic rings. The minimum atomic E-state index is -0.232. The Labute approximate surface area is 235 Å². The lowest BCUT2D eigenvalue weighted by molar-refractivity contribution is -0.116. The van der Waals surface area contributed by atoms with Crippen LogP contribution in [0.1, 0.15) is 51.3 Å². The fraction of sp³-hybridized carbons (Fsp3) is 0.400. The number of hydrogen-bond acceptors (Lipinski definition) is 6. The molecule has 0 spiro atoms. The van der Waals surface area contributed by atoms with E-state index in [4.69, 9.17) is 11.4 Å². The molecule has 0 radical (unpaired) electrons. The van der Waals surface area contributed by atoms with Crippen molar-refractivity contribution in [2.75, 3.05) is 6.54 Å². The molecule has 2 unspecified atom stereocenters. The monoisotopic (exact) mass is 549 g/mol. The van der Waals surface area contributed by atoms with Crippen LogP contribution in [-0.4, -0.2) is 28.8 Å². The van der Waals surface area contributed by atoms with Crippen LogP contribution in [0.2, 0.25) is 0 Å². The number of allylic oxidation sites excluding steroid dienone is 1. The molecule has 1 amide bonds. The van der Waals surface area contributed by atoms with E-state index in [0.717, 1.165) is 5.57 Å². The van der Waals surface area contributed by atoms with Crippen LogP contribution >= 0.6 is 23.5 Å². The summed E-state index contributed by atoms with van der Waals surface area (Å²) in [5, 5.41) is 9.63. The summed E-state index contributed by atoms with van der Waals surface area (Å²) >= 11 is 3.39. The first-order chi connectivity index (χ1) is 17.8. The number of amides is 1. The predicted octanol–water partition coefficient (Wildman–Crippen LogP) is 7.36. The minimum absolute atomic E-state index is 0.0140. The lowest BCUT2D eigenvalue weighted by Crippen LogP contribution is -2.30. The van der Waals surface area contributed by atoms with E-state index in [-0.39, 0.29) is 34.2 Å². The number of nitrogens with zero attached hydrogens (tertiary/aromatic N) is 2. The van der Waals surface area contributed by atoms with Crippen molar-refractivity contribution in [3.05, 3.63) is 76.2 Å². The molecule has 1 aliphatic heterocycles. The highest BCUT2D eigenvalue weighted by Gasteiger charge is 2.34. The quantitative estimate of drug-likeness (QED) is 0.0799. The molecule has 1 heterocycles. The molecule has 6 nitrogen and oxygen atoms in total. The number of carbonyl (C=O) groups is 1. The minimum Gasteiger partial charge on any atom is -0.344 e. The Balaban J connectivity index is 1.77. The fourth-order valence-corrected chi connectivity index (χ4v) is 7.59. The molecule has 0 fully saturated rings. The number of benzene rings is 2. The summed E-state index contributed by atoms with van der Waals surface area (Å²) in [6, 6.07) is 13.5. The van der Waals surface area contributed by atoms with Crippen LogP contribution in [0.25, 0.3) is 11.1 Å². The van der Waals surface area contributed by atoms with Gasteiger partial charge >= 0.3 is 0 Å². The van der Waals surface area contributed by atoms with Crippen LogP contribution in [0.3, 0.4) is 0 Å². The summed E-state index contributed by atoms with van der Waals surface area (Å²) in [4.78, 5) is 14.5. The van der Waals surface area contributed by atoms with Gasteiger partial charge in [0.05, 0.1) is 11.4 Å². The van der Waals surface area contributed by atoms with Gasteiger partial charge in [0.15, 0.2) is 5.84 Å². The molecule has 0 saturated heterocycles. The summed E-state index contributed by atoms with van der Waals surface area (Å²) in [7, 11) is 0. The number of rotatable bonds is 8. The number of carbonyl (C=O) groups excluding carboxylic acids is 1. The Kier molecular flexibility index (Phi) is 9.65. The maximum Gasteiger partial charge on any atom is 0.258 e. The SMILES string of the molecule is C=C1C=C(C(=O)NC/C(N=N)=N/N)SC1C(Sc1cc(C)c(-c2ccc(C(C)(C)C)cc2)c(C)c1)C(C)C.